The van der Waals surface area contributed by atoms with Gasteiger partial charge >= 0.3 is 0 Å². The van der Waals surface area contributed by atoms with Crippen molar-refractivity contribution in [2.24, 2.45) is 0 Å². The summed E-state index contributed by atoms with van der Waals surface area (Å²) in [7, 11) is 0. The molecule has 2 N–H and O–H groups in total. The van der Waals surface area contributed by atoms with Crippen LogP contribution in [0, 0.1) is 0 Å². The molecule has 6 nitrogen and oxygen atoms in total. The monoisotopic (exact) mass is 400 g/mol. The molecular formula is C24H24N4O2. The maximum absolute atomic E-state index is 12.8. The van der Waals surface area contributed by atoms with Gasteiger partial charge in [0, 0.05) is 40.8 Å². The molecule has 152 valence electrons. The van der Waals surface area contributed by atoms with E-state index < -0.39 is 0 Å². The molecule has 0 bridgehead atoms. The maximum Gasteiger partial charge on any atom is 0.269 e. The second-order valence-electron chi connectivity index (χ2n) is 7.89. The number of aromatic amines is 1. The Hall–Kier alpha value is -3.54. The number of rotatable bonds is 5. The summed E-state index contributed by atoms with van der Waals surface area (Å²) >= 11 is 0. The quantitative estimate of drug-likeness (QED) is 0.519. The summed E-state index contributed by atoms with van der Waals surface area (Å²) in [5.74, 6) is 0.643. The normalized spacial score (nSPS) is 12.5. The topological polar surface area (TPSA) is 71.9 Å². The number of fused-ring (bicyclic) bond motifs is 4. The van der Waals surface area contributed by atoms with E-state index in [0.29, 0.717) is 24.9 Å². The Morgan fingerprint density at radius 2 is 2.00 bits per heavy atom. The lowest BCUT2D eigenvalue weighted by Gasteiger charge is -2.17. The predicted molar refractivity (Wildman–Crippen MR) is 117 cm³/mol. The lowest BCUT2D eigenvalue weighted by molar-refractivity contribution is 0.0946. The molecule has 0 saturated heterocycles. The van der Waals surface area contributed by atoms with E-state index >= 15 is 0 Å². The third-order valence-corrected chi connectivity index (χ3v) is 5.67. The van der Waals surface area contributed by atoms with Crippen LogP contribution >= 0.6 is 0 Å². The number of hydrogen-bond acceptors (Lipinski definition) is 3. The van der Waals surface area contributed by atoms with Gasteiger partial charge in [0.15, 0.2) is 0 Å². The summed E-state index contributed by atoms with van der Waals surface area (Å²) in [4.78, 5) is 12.8. The van der Waals surface area contributed by atoms with Crippen molar-refractivity contribution in [3.05, 3.63) is 71.5 Å². The number of hydrogen-bond donors (Lipinski definition) is 2. The van der Waals surface area contributed by atoms with E-state index in [4.69, 9.17) is 4.74 Å². The van der Waals surface area contributed by atoms with Crippen molar-refractivity contribution in [2.75, 3.05) is 6.54 Å². The molecule has 3 heterocycles. The number of nitrogens with one attached hydrogen (secondary N) is 2. The van der Waals surface area contributed by atoms with Crippen molar-refractivity contribution < 1.29 is 9.53 Å². The third-order valence-electron chi connectivity index (χ3n) is 5.67. The van der Waals surface area contributed by atoms with Gasteiger partial charge in [-0.2, -0.15) is 5.10 Å². The zero-order valence-electron chi connectivity index (χ0n) is 17.1. The van der Waals surface area contributed by atoms with Crippen molar-refractivity contribution in [2.45, 2.75) is 32.9 Å². The fourth-order valence-electron chi connectivity index (χ4n) is 4.16. The van der Waals surface area contributed by atoms with Gasteiger partial charge in [0.05, 0.1) is 0 Å². The van der Waals surface area contributed by atoms with Gasteiger partial charge < -0.3 is 14.6 Å². The number of nitrogens with zero attached hydrogens (tertiary/aromatic N) is 2. The van der Waals surface area contributed by atoms with Crippen molar-refractivity contribution in [1.82, 2.24) is 20.1 Å². The minimum Gasteiger partial charge on any atom is -0.488 e. The molecule has 2 aromatic heterocycles. The van der Waals surface area contributed by atoms with Gasteiger partial charge in [-0.15, -0.1) is 0 Å². The van der Waals surface area contributed by atoms with Gasteiger partial charge in [-0.05, 0) is 44.0 Å². The highest BCUT2D eigenvalue weighted by molar-refractivity contribution is 5.96. The Labute approximate surface area is 174 Å². The van der Waals surface area contributed by atoms with E-state index in [9.17, 15) is 4.79 Å². The van der Waals surface area contributed by atoms with Crippen LogP contribution in [0.2, 0.25) is 0 Å². The third kappa shape index (κ3) is 3.05. The van der Waals surface area contributed by atoms with Crippen molar-refractivity contribution in [3.63, 3.8) is 0 Å². The highest BCUT2D eigenvalue weighted by atomic mass is 16.5. The number of aromatic nitrogens is 3. The Morgan fingerprint density at radius 3 is 2.87 bits per heavy atom. The van der Waals surface area contributed by atoms with E-state index in [0.717, 1.165) is 29.0 Å². The summed E-state index contributed by atoms with van der Waals surface area (Å²) < 4.78 is 8.09. The van der Waals surface area contributed by atoms with Crippen LogP contribution in [0.3, 0.4) is 0 Å². The van der Waals surface area contributed by atoms with Crippen LogP contribution < -0.4 is 10.1 Å². The lowest BCUT2D eigenvalue weighted by atomic mass is 10.0. The Balaban J connectivity index is 1.32. The number of amides is 1. The number of ether oxygens (including phenoxy) is 1. The molecule has 0 atom stereocenters. The molecule has 0 saturated carbocycles. The molecule has 1 aliphatic heterocycles. The number of carbonyl (C=O) groups is 1. The van der Waals surface area contributed by atoms with E-state index in [1.54, 1.807) is 0 Å². The molecule has 1 amide bonds. The zero-order chi connectivity index (χ0) is 20.7. The smallest absolute Gasteiger partial charge is 0.269 e. The Bertz CT molecular complexity index is 1240. The standard InChI is InChI=1S/C24H24N4O2/c1-15(2)28-13-16(17-7-3-5-9-20(17)28)11-12-25-24(29)23-19-14-30-21-10-6-4-8-18(21)22(19)26-27-23/h3-10,13,15H,11-12,14H2,1-2H3,(H,25,29)(H,26,27). The highest BCUT2D eigenvalue weighted by Gasteiger charge is 2.26. The minimum atomic E-state index is -0.153. The first-order chi connectivity index (χ1) is 14.6. The fraction of sp³-hybridized carbons (Fsp3) is 0.250. The Kier molecular flexibility index (Phi) is 4.54. The van der Waals surface area contributed by atoms with E-state index in [1.165, 1.54) is 16.5 Å². The summed E-state index contributed by atoms with van der Waals surface area (Å²) in [6, 6.07) is 16.5. The van der Waals surface area contributed by atoms with Crippen LogP contribution in [0.4, 0.5) is 0 Å². The van der Waals surface area contributed by atoms with Crippen LogP contribution in [0.1, 0.15) is 41.5 Å². The number of benzene rings is 2. The van der Waals surface area contributed by atoms with Crippen molar-refractivity contribution in [1.29, 1.82) is 0 Å². The van der Waals surface area contributed by atoms with Crippen LogP contribution in [-0.4, -0.2) is 27.2 Å². The molecule has 0 spiro atoms. The average Bonchev–Trinajstić information content (AvgIpc) is 3.36. The zero-order valence-corrected chi connectivity index (χ0v) is 17.1. The molecule has 6 heteroatoms. The van der Waals surface area contributed by atoms with Gasteiger partial charge in [-0.1, -0.05) is 30.3 Å². The molecular weight excluding hydrogens is 376 g/mol. The summed E-state index contributed by atoms with van der Waals surface area (Å²) in [6.45, 7) is 5.25. The second-order valence-corrected chi connectivity index (χ2v) is 7.89. The lowest BCUT2D eigenvalue weighted by Crippen LogP contribution is -2.27. The van der Waals surface area contributed by atoms with Crippen LogP contribution in [0.25, 0.3) is 22.2 Å². The van der Waals surface area contributed by atoms with Crippen LogP contribution in [0.5, 0.6) is 5.75 Å². The summed E-state index contributed by atoms with van der Waals surface area (Å²) in [5.41, 5.74) is 5.46. The van der Waals surface area contributed by atoms with Crippen molar-refractivity contribution in [3.8, 4) is 17.0 Å². The van der Waals surface area contributed by atoms with Crippen LogP contribution in [0.15, 0.2) is 54.7 Å². The average molecular weight is 400 g/mol. The molecule has 1 aliphatic rings. The number of carbonyl (C=O) groups excluding carboxylic acids is 1. The molecule has 30 heavy (non-hydrogen) atoms. The second kappa shape index (κ2) is 7.37. The van der Waals surface area contributed by atoms with Gasteiger partial charge in [-0.3, -0.25) is 9.89 Å². The first kappa shape index (κ1) is 18.5. The van der Waals surface area contributed by atoms with E-state index in [1.807, 2.05) is 24.3 Å². The molecule has 4 aromatic rings. The first-order valence-corrected chi connectivity index (χ1v) is 10.3. The van der Waals surface area contributed by atoms with E-state index in [-0.39, 0.29) is 5.91 Å². The minimum absolute atomic E-state index is 0.153. The predicted octanol–water partition coefficient (Wildman–Crippen LogP) is 4.48. The first-order valence-electron chi connectivity index (χ1n) is 10.3. The fourth-order valence-corrected chi connectivity index (χ4v) is 4.16. The highest BCUT2D eigenvalue weighted by Crippen LogP contribution is 2.36. The number of H-pyrrole nitrogens is 1. The summed E-state index contributed by atoms with van der Waals surface area (Å²) in [6.07, 6.45) is 2.96. The van der Waals surface area contributed by atoms with Crippen LogP contribution in [-0.2, 0) is 13.0 Å². The van der Waals surface area contributed by atoms with E-state index in [2.05, 4.69) is 64.4 Å². The summed E-state index contributed by atoms with van der Waals surface area (Å²) in [5, 5.41) is 11.6. The molecule has 0 radical (unpaired) electrons. The number of para-hydroxylation sites is 2. The van der Waals surface area contributed by atoms with Gasteiger partial charge in [-0.25, -0.2) is 0 Å². The Morgan fingerprint density at radius 1 is 1.20 bits per heavy atom. The van der Waals surface area contributed by atoms with Crippen molar-refractivity contribution >= 4 is 16.8 Å². The maximum atomic E-state index is 12.8. The SMILES string of the molecule is CC(C)n1cc(CCNC(=O)c2[nH]nc3c2COc2ccccc2-3)c2ccccc21. The largest absolute Gasteiger partial charge is 0.488 e. The molecule has 2 aromatic carbocycles. The molecule has 0 fully saturated rings. The van der Waals surface area contributed by atoms with Gasteiger partial charge in [0.1, 0.15) is 23.7 Å². The molecule has 0 aliphatic carbocycles. The molecule has 5 rings (SSSR count). The van der Waals surface area contributed by atoms with Gasteiger partial charge in [0.25, 0.3) is 5.91 Å². The molecule has 0 unspecified atom stereocenters. The van der Waals surface area contributed by atoms with Gasteiger partial charge in [0.2, 0.25) is 0 Å².